The Morgan fingerprint density at radius 3 is 2.88 bits per heavy atom. The molecule has 1 atom stereocenters. The van der Waals surface area contributed by atoms with Gasteiger partial charge in [-0.1, -0.05) is 18.2 Å². The minimum atomic E-state index is -0.463. The lowest BCUT2D eigenvalue weighted by molar-refractivity contribution is 0.590. The third-order valence-electron chi connectivity index (χ3n) is 2.89. The first kappa shape index (κ1) is 11.8. The van der Waals surface area contributed by atoms with Crippen LogP contribution in [-0.2, 0) is 6.54 Å². The number of nitrogens with zero attached hydrogens (tertiary/aromatic N) is 2. The summed E-state index contributed by atoms with van der Waals surface area (Å²) in [6.45, 7) is 4.51. The Kier molecular flexibility index (Phi) is 3.24. The molecule has 90 valence electrons. The highest BCUT2D eigenvalue weighted by molar-refractivity contribution is 5.33. The summed E-state index contributed by atoms with van der Waals surface area (Å²) in [7, 11) is 0. The molecule has 0 spiro atoms. The summed E-state index contributed by atoms with van der Waals surface area (Å²) in [6.07, 6.45) is 3.54. The van der Waals surface area contributed by atoms with Crippen molar-refractivity contribution in [2.75, 3.05) is 0 Å². The fourth-order valence-corrected chi connectivity index (χ4v) is 1.80. The zero-order chi connectivity index (χ0) is 12.4. The molecule has 0 aliphatic rings. The number of benzene rings is 1. The maximum absolute atomic E-state index is 13.9. The minimum absolute atomic E-state index is 0.232. The molecule has 2 N–H and O–H groups in total. The standard InChI is InChI=1S/C13H16FN3/c1-3-17-8-10(7-16-17)13(15)11-6-4-5-9(2)12(11)14/h4-8,13H,3,15H2,1-2H3. The van der Waals surface area contributed by atoms with Crippen molar-refractivity contribution in [2.45, 2.75) is 26.4 Å². The smallest absolute Gasteiger partial charge is 0.131 e. The summed E-state index contributed by atoms with van der Waals surface area (Å²) in [5, 5.41) is 4.15. The largest absolute Gasteiger partial charge is 0.320 e. The van der Waals surface area contributed by atoms with Gasteiger partial charge in [-0.15, -0.1) is 0 Å². The molecule has 0 fully saturated rings. The average Bonchev–Trinajstić information content (AvgIpc) is 2.80. The molecule has 0 amide bonds. The van der Waals surface area contributed by atoms with Crippen molar-refractivity contribution in [3.8, 4) is 0 Å². The van der Waals surface area contributed by atoms with E-state index >= 15 is 0 Å². The minimum Gasteiger partial charge on any atom is -0.320 e. The summed E-state index contributed by atoms with van der Waals surface area (Å²) in [5.74, 6) is -0.232. The molecule has 1 heterocycles. The highest BCUT2D eigenvalue weighted by Crippen LogP contribution is 2.23. The predicted octanol–water partition coefficient (Wildman–Crippen LogP) is 2.40. The molecule has 0 bridgehead atoms. The van der Waals surface area contributed by atoms with E-state index in [9.17, 15) is 4.39 Å². The number of hydrogen-bond acceptors (Lipinski definition) is 2. The predicted molar refractivity (Wildman–Crippen MR) is 65.1 cm³/mol. The lowest BCUT2D eigenvalue weighted by atomic mass is 10.00. The topological polar surface area (TPSA) is 43.8 Å². The van der Waals surface area contributed by atoms with Crippen LogP contribution in [0.3, 0.4) is 0 Å². The van der Waals surface area contributed by atoms with Crippen LogP contribution in [0.2, 0.25) is 0 Å². The number of aromatic nitrogens is 2. The molecule has 17 heavy (non-hydrogen) atoms. The molecule has 0 aliphatic heterocycles. The van der Waals surface area contributed by atoms with Crippen LogP contribution >= 0.6 is 0 Å². The van der Waals surface area contributed by atoms with Gasteiger partial charge in [0.2, 0.25) is 0 Å². The maximum atomic E-state index is 13.9. The molecule has 0 saturated heterocycles. The van der Waals surface area contributed by atoms with Crippen LogP contribution in [0, 0.1) is 12.7 Å². The number of aryl methyl sites for hydroxylation is 2. The van der Waals surface area contributed by atoms with Crippen molar-refractivity contribution >= 4 is 0 Å². The third kappa shape index (κ3) is 2.22. The molecular formula is C13H16FN3. The number of rotatable bonds is 3. The highest BCUT2D eigenvalue weighted by atomic mass is 19.1. The first-order chi connectivity index (χ1) is 8.13. The van der Waals surface area contributed by atoms with E-state index in [1.807, 2.05) is 19.2 Å². The van der Waals surface area contributed by atoms with E-state index < -0.39 is 6.04 Å². The summed E-state index contributed by atoms with van der Waals surface area (Å²) in [6, 6.07) is 4.81. The molecular weight excluding hydrogens is 217 g/mol. The van der Waals surface area contributed by atoms with Crippen molar-refractivity contribution in [2.24, 2.45) is 5.73 Å². The van der Waals surface area contributed by atoms with E-state index in [-0.39, 0.29) is 5.82 Å². The van der Waals surface area contributed by atoms with E-state index in [2.05, 4.69) is 5.10 Å². The SMILES string of the molecule is CCn1cc(C(N)c2cccc(C)c2F)cn1. The van der Waals surface area contributed by atoms with E-state index in [0.717, 1.165) is 12.1 Å². The Labute approximate surface area is 100 Å². The average molecular weight is 233 g/mol. The van der Waals surface area contributed by atoms with Crippen LogP contribution in [0.4, 0.5) is 4.39 Å². The van der Waals surface area contributed by atoms with Gasteiger partial charge in [0.15, 0.2) is 0 Å². The maximum Gasteiger partial charge on any atom is 0.131 e. The van der Waals surface area contributed by atoms with Crippen LogP contribution in [0.5, 0.6) is 0 Å². The highest BCUT2D eigenvalue weighted by Gasteiger charge is 2.16. The zero-order valence-electron chi connectivity index (χ0n) is 10.0. The third-order valence-corrected chi connectivity index (χ3v) is 2.89. The van der Waals surface area contributed by atoms with E-state index in [1.165, 1.54) is 0 Å². The summed E-state index contributed by atoms with van der Waals surface area (Å²) in [4.78, 5) is 0. The normalized spacial score (nSPS) is 12.7. The zero-order valence-corrected chi connectivity index (χ0v) is 10.0. The van der Waals surface area contributed by atoms with Gasteiger partial charge in [-0.2, -0.15) is 5.10 Å². The van der Waals surface area contributed by atoms with E-state index in [4.69, 9.17) is 5.73 Å². The Bertz CT molecular complexity index is 519. The first-order valence-electron chi connectivity index (χ1n) is 5.66. The van der Waals surface area contributed by atoms with Crippen LogP contribution in [-0.4, -0.2) is 9.78 Å². The summed E-state index contributed by atoms with van der Waals surface area (Å²) >= 11 is 0. The summed E-state index contributed by atoms with van der Waals surface area (Å²) < 4.78 is 15.7. The van der Waals surface area contributed by atoms with Gasteiger partial charge in [-0.25, -0.2) is 4.39 Å². The molecule has 2 aromatic rings. The fraction of sp³-hybridized carbons (Fsp3) is 0.308. The first-order valence-corrected chi connectivity index (χ1v) is 5.66. The van der Waals surface area contributed by atoms with Gasteiger partial charge in [0, 0.05) is 23.9 Å². The molecule has 1 aromatic heterocycles. The van der Waals surface area contributed by atoms with Crippen molar-refractivity contribution in [3.63, 3.8) is 0 Å². The molecule has 4 heteroatoms. The molecule has 1 aromatic carbocycles. The quantitative estimate of drug-likeness (QED) is 0.884. The number of nitrogens with two attached hydrogens (primary N) is 1. The molecule has 1 unspecified atom stereocenters. The lowest BCUT2D eigenvalue weighted by Gasteiger charge is -2.12. The van der Waals surface area contributed by atoms with Gasteiger partial charge in [-0.05, 0) is 19.4 Å². The second-order valence-electron chi connectivity index (χ2n) is 4.09. The molecule has 3 nitrogen and oxygen atoms in total. The van der Waals surface area contributed by atoms with Crippen molar-refractivity contribution < 1.29 is 4.39 Å². The van der Waals surface area contributed by atoms with Crippen molar-refractivity contribution in [1.82, 2.24) is 9.78 Å². The van der Waals surface area contributed by atoms with Crippen molar-refractivity contribution in [3.05, 3.63) is 53.1 Å². The molecule has 0 saturated carbocycles. The Morgan fingerprint density at radius 2 is 2.24 bits per heavy atom. The lowest BCUT2D eigenvalue weighted by Crippen LogP contribution is -2.13. The van der Waals surface area contributed by atoms with Gasteiger partial charge in [-0.3, -0.25) is 4.68 Å². The van der Waals surface area contributed by atoms with Crippen LogP contribution < -0.4 is 5.73 Å². The Balaban J connectivity index is 2.36. The van der Waals surface area contributed by atoms with Gasteiger partial charge < -0.3 is 5.73 Å². The molecule has 0 aliphatic carbocycles. The van der Waals surface area contributed by atoms with Crippen LogP contribution in [0.25, 0.3) is 0 Å². The fourth-order valence-electron chi connectivity index (χ4n) is 1.80. The van der Waals surface area contributed by atoms with E-state index in [0.29, 0.717) is 11.1 Å². The summed E-state index contributed by atoms with van der Waals surface area (Å²) in [5.41, 5.74) is 8.02. The molecule has 0 radical (unpaired) electrons. The molecule has 2 rings (SSSR count). The van der Waals surface area contributed by atoms with Gasteiger partial charge >= 0.3 is 0 Å². The number of halogens is 1. The monoisotopic (exact) mass is 233 g/mol. The van der Waals surface area contributed by atoms with E-state index in [1.54, 1.807) is 29.9 Å². The second kappa shape index (κ2) is 4.67. The van der Waals surface area contributed by atoms with Crippen molar-refractivity contribution in [1.29, 1.82) is 0 Å². The van der Waals surface area contributed by atoms with Gasteiger partial charge in [0.25, 0.3) is 0 Å². The Morgan fingerprint density at radius 1 is 1.47 bits per heavy atom. The Hall–Kier alpha value is -1.68. The van der Waals surface area contributed by atoms with Crippen LogP contribution in [0.1, 0.15) is 29.7 Å². The van der Waals surface area contributed by atoms with Gasteiger partial charge in [0.05, 0.1) is 12.2 Å². The van der Waals surface area contributed by atoms with Crippen LogP contribution in [0.15, 0.2) is 30.6 Å². The van der Waals surface area contributed by atoms with Gasteiger partial charge in [0.1, 0.15) is 5.82 Å². The second-order valence-corrected chi connectivity index (χ2v) is 4.09. The number of hydrogen-bond donors (Lipinski definition) is 1.